The van der Waals surface area contributed by atoms with Crippen molar-refractivity contribution in [3.8, 4) is 17.2 Å². The van der Waals surface area contributed by atoms with E-state index in [0.717, 1.165) is 6.29 Å². The lowest BCUT2D eigenvalue weighted by Crippen LogP contribution is -2.01. The molecule has 4 nitrogen and oxygen atoms in total. The van der Waals surface area contributed by atoms with Gasteiger partial charge in [0, 0.05) is 18.6 Å². The van der Waals surface area contributed by atoms with E-state index in [1.807, 2.05) is 0 Å². The van der Waals surface area contributed by atoms with Crippen molar-refractivity contribution < 1.29 is 19.1 Å². The Labute approximate surface area is 120 Å². The maximum absolute atomic E-state index is 10.9. The molecule has 5 heteroatoms. The molecule has 0 amide bonds. The summed E-state index contributed by atoms with van der Waals surface area (Å²) in [6.45, 7) is 1.30. The van der Waals surface area contributed by atoms with Crippen molar-refractivity contribution >= 4 is 23.9 Å². The molecule has 0 aromatic heterocycles. The number of carbonyl (C=O) groups excluding carboxylic acids is 2. The van der Waals surface area contributed by atoms with Gasteiger partial charge in [0.2, 0.25) is 0 Å². The van der Waals surface area contributed by atoms with E-state index >= 15 is 0 Å². The van der Waals surface area contributed by atoms with Gasteiger partial charge in [0.05, 0.1) is 5.02 Å². The van der Waals surface area contributed by atoms with E-state index in [9.17, 15) is 9.59 Å². The van der Waals surface area contributed by atoms with E-state index in [4.69, 9.17) is 21.1 Å². The summed E-state index contributed by atoms with van der Waals surface area (Å²) in [5.74, 6) is 0.921. The first-order valence-electron chi connectivity index (χ1n) is 5.79. The molecule has 0 N–H and O–H groups in total. The fourth-order valence-electron chi connectivity index (χ4n) is 1.53. The second kappa shape index (κ2) is 6.21. The van der Waals surface area contributed by atoms with Crippen molar-refractivity contribution in [2.75, 3.05) is 0 Å². The smallest absolute Gasteiger partial charge is 0.308 e. The molecule has 0 heterocycles. The molecular formula is C15H11ClO4. The number of aldehydes is 1. The van der Waals surface area contributed by atoms with E-state index in [1.54, 1.807) is 42.5 Å². The van der Waals surface area contributed by atoms with Crippen molar-refractivity contribution in [3.63, 3.8) is 0 Å². The zero-order valence-electron chi connectivity index (χ0n) is 10.6. The molecule has 0 atom stereocenters. The van der Waals surface area contributed by atoms with Crippen LogP contribution in [-0.2, 0) is 4.79 Å². The minimum absolute atomic E-state index is 0.280. The van der Waals surface area contributed by atoms with Crippen molar-refractivity contribution in [2.24, 2.45) is 0 Å². The lowest BCUT2D eigenvalue weighted by Gasteiger charge is -2.08. The summed E-state index contributed by atoms with van der Waals surface area (Å²) in [6, 6.07) is 11.4. The minimum Gasteiger partial charge on any atom is -0.457 e. The highest BCUT2D eigenvalue weighted by Crippen LogP contribution is 2.31. The van der Waals surface area contributed by atoms with E-state index in [0.29, 0.717) is 17.1 Å². The standard InChI is InChI=1S/C15H11ClO4/c1-10(18)19-15-7-6-13(8-14(15)16)20-12-4-2-11(9-17)3-5-12/h2-9H,1H3. The summed E-state index contributed by atoms with van der Waals surface area (Å²) >= 11 is 5.98. The Kier molecular flexibility index (Phi) is 4.38. The monoisotopic (exact) mass is 290 g/mol. The van der Waals surface area contributed by atoms with Crippen LogP contribution in [0, 0.1) is 0 Å². The van der Waals surface area contributed by atoms with Crippen molar-refractivity contribution in [3.05, 3.63) is 53.1 Å². The van der Waals surface area contributed by atoms with E-state index < -0.39 is 5.97 Å². The largest absolute Gasteiger partial charge is 0.457 e. The molecule has 0 spiro atoms. The zero-order chi connectivity index (χ0) is 14.5. The fourth-order valence-corrected chi connectivity index (χ4v) is 1.74. The summed E-state index contributed by atoms with van der Waals surface area (Å²) in [5.41, 5.74) is 0.570. The Morgan fingerprint density at radius 1 is 1.10 bits per heavy atom. The van der Waals surface area contributed by atoms with Crippen LogP contribution in [0.4, 0.5) is 0 Å². The van der Waals surface area contributed by atoms with Gasteiger partial charge in [-0.05, 0) is 36.4 Å². The highest BCUT2D eigenvalue weighted by Gasteiger charge is 2.07. The Hall–Kier alpha value is -2.33. The van der Waals surface area contributed by atoms with E-state index in [-0.39, 0.29) is 10.8 Å². The Balaban J connectivity index is 2.14. The lowest BCUT2D eigenvalue weighted by molar-refractivity contribution is -0.131. The van der Waals surface area contributed by atoms with Crippen LogP contribution in [0.2, 0.25) is 5.02 Å². The van der Waals surface area contributed by atoms with Crippen LogP contribution in [-0.4, -0.2) is 12.3 Å². The fraction of sp³-hybridized carbons (Fsp3) is 0.0667. The van der Waals surface area contributed by atoms with Gasteiger partial charge in [0.25, 0.3) is 0 Å². The number of carbonyl (C=O) groups is 2. The van der Waals surface area contributed by atoms with E-state index in [1.165, 1.54) is 6.92 Å². The average Bonchev–Trinajstić information content (AvgIpc) is 2.42. The number of halogens is 1. The molecule has 0 saturated heterocycles. The summed E-state index contributed by atoms with van der Waals surface area (Å²) in [4.78, 5) is 21.4. The number of esters is 1. The van der Waals surface area contributed by atoms with Gasteiger partial charge in [-0.15, -0.1) is 0 Å². The molecule has 102 valence electrons. The first-order valence-corrected chi connectivity index (χ1v) is 6.17. The van der Waals surface area contributed by atoms with Crippen LogP contribution < -0.4 is 9.47 Å². The van der Waals surface area contributed by atoms with Crippen molar-refractivity contribution in [2.45, 2.75) is 6.92 Å². The number of hydrogen-bond donors (Lipinski definition) is 0. The molecule has 0 aliphatic heterocycles. The highest BCUT2D eigenvalue weighted by atomic mass is 35.5. The molecular weight excluding hydrogens is 280 g/mol. The van der Waals surface area contributed by atoms with Crippen molar-refractivity contribution in [1.29, 1.82) is 0 Å². The van der Waals surface area contributed by atoms with Gasteiger partial charge in [-0.25, -0.2) is 0 Å². The first-order chi connectivity index (χ1) is 9.58. The molecule has 0 unspecified atom stereocenters. The summed E-state index contributed by atoms with van der Waals surface area (Å²) in [5, 5.41) is 0.280. The maximum Gasteiger partial charge on any atom is 0.308 e. The number of ether oxygens (including phenoxy) is 2. The topological polar surface area (TPSA) is 52.6 Å². The zero-order valence-corrected chi connectivity index (χ0v) is 11.4. The quantitative estimate of drug-likeness (QED) is 0.487. The third-order valence-corrected chi connectivity index (χ3v) is 2.70. The van der Waals surface area contributed by atoms with Crippen LogP contribution >= 0.6 is 11.6 Å². The normalized spacial score (nSPS) is 9.90. The summed E-state index contributed by atoms with van der Waals surface area (Å²) in [7, 11) is 0. The van der Waals surface area contributed by atoms with Gasteiger partial charge < -0.3 is 9.47 Å². The molecule has 0 saturated carbocycles. The summed E-state index contributed by atoms with van der Waals surface area (Å²) in [6.07, 6.45) is 0.758. The third-order valence-electron chi connectivity index (χ3n) is 2.41. The van der Waals surface area contributed by atoms with Gasteiger partial charge in [0.1, 0.15) is 23.5 Å². The molecule has 2 aromatic carbocycles. The summed E-state index contributed by atoms with van der Waals surface area (Å²) < 4.78 is 10.5. The second-order valence-corrected chi connectivity index (χ2v) is 4.38. The molecule has 0 aliphatic rings. The average molecular weight is 291 g/mol. The predicted octanol–water partition coefficient (Wildman–Crippen LogP) is 3.87. The van der Waals surface area contributed by atoms with Crippen molar-refractivity contribution in [1.82, 2.24) is 0 Å². The molecule has 0 radical (unpaired) electrons. The van der Waals surface area contributed by atoms with Gasteiger partial charge in [0.15, 0.2) is 0 Å². The molecule has 0 bridgehead atoms. The Morgan fingerprint density at radius 2 is 1.75 bits per heavy atom. The minimum atomic E-state index is -0.440. The van der Waals surface area contributed by atoms with Gasteiger partial charge in [-0.1, -0.05) is 11.6 Å². The SMILES string of the molecule is CC(=O)Oc1ccc(Oc2ccc(C=O)cc2)cc1Cl. The number of benzene rings is 2. The van der Waals surface area contributed by atoms with Crippen LogP contribution in [0.15, 0.2) is 42.5 Å². The Morgan fingerprint density at radius 3 is 2.30 bits per heavy atom. The molecule has 20 heavy (non-hydrogen) atoms. The number of rotatable bonds is 4. The third kappa shape index (κ3) is 3.59. The lowest BCUT2D eigenvalue weighted by atomic mass is 10.2. The highest BCUT2D eigenvalue weighted by molar-refractivity contribution is 6.32. The maximum atomic E-state index is 10.9. The van der Waals surface area contributed by atoms with E-state index in [2.05, 4.69) is 0 Å². The van der Waals surface area contributed by atoms with Crippen LogP contribution in [0.5, 0.6) is 17.2 Å². The first kappa shape index (κ1) is 14.1. The van der Waals surface area contributed by atoms with Gasteiger partial charge >= 0.3 is 5.97 Å². The molecule has 0 fully saturated rings. The molecule has 2 aromatic rings. The Bertz CT molecular complexity index is 635. The second-order valence-electron chi connectivity index (χ2n) is 3.97. The van der Waals surface area contributed by atoms with Crippen LogP contribution in [0.3, 0.4) is 0 Å². The van der Waals surface area contributed by atoms with Gasteiger partial charge in [-0.2, -0.15) is 0 Å². The predicted molar refractivity (Wildman–Crippen MR) is 74.7 cm³/mol. The molecule has 0 aliphatic carbocycles. The van der Waals surface area contributed by atoms with Crippen LogP contribution in [0.1, 0.15) is 17.3 Å². The van der Waals surface area contributed by atoms with Crippen LogP contribution in [0.25, 0.3) is 0 Å². The van der Waals surface area contributed by atoms with Gasteiger partial charge in [-0.3, -0.25) is 9.59 Å². The molecule has 2 rings (SSSR count). The number of hydrogen-bond acceptors (Lipinski definition) is 4.